The van der Waals surface area contributed by atoms with Crippen molar-refractivity contribution in [2.45, 2.75) is 0 Å². The van der Waals surface area contributed by atoms with E-state index in [1.807, 2.05) is 0 Å². The van der Waals surface area contributed by atoms with Gasteiger partial charge >= 0.3 is 0 Å². The van der Waals surface area contributed by atoms with Crippen molar-refractivity contribution in [2.75, 3.05) is 0 Å². The third-order valence-corrected chi connectivity index (χ3v) is 12.3. The van der Waals surface area contributed by atoms with Gasteiger partial charge in [-0.15, -0.1) is 0 Å². The topological polar surface area (TPSA) is 69.4 Å². The summed E-state index contributed by atoms with van der Waals surface area (Å²) >= 11 is 0. The van der Waals surface area contributed by atoms with Crippen LogP contribution in [0, 0.1) is 0 Å². The van der Waals surface area contributed by atoms with Gasteiger partial charge in [0.1, 0.15) is 0 Å². The minimum atomic E-state index is 0.398. The normalized spacial score (nSPS) is 11.3. The summed E-state index contributed by atoms with van der Waals surface area (Å²) in [7, 11) is 0. The van der Waals surface area contributed by atoms with Gasteiger partial charge in [0.25, 0.3) is 0 Å². The average Bonchev–Trinajstić information content (AvgIpc) is 3.76. The van der Waals surface area contributed by atoms with Crippen LogP contribution in [0.15, 0.2) is 243 Å². The van der Waals surface area contributed by atoms with Crippen molar-refractivity contribution >= 4 is 21.8 Å². The lowest BCUT2D eigenvalue weighted by atomic mass is 9.93. The van der Waals surface area contributed by atoms with E-state index in [-0.39, 0.29) is 0 Å². The fourth-order valence-electron chi connectivity index (χ4n) is 9.18. The Morgan fingerprint density at radius 2 is 0.716 bits per heavy atom. The van der Waals surface area contributed by atoms with Gasteiger partial charge in [0.2, 0.25) is 5.82 Å². The molecule has 6 heteroatoms. The summed E-state index contributed by atoms with van der Waals surface area (Å²) in [5, 5.41) is 2.35. The van der Waals surface area contributed by atoms with Gasteiger partial charge in [-0.05, 0) is 122 Å². The molecule has 9 aromatic carbocycles. The summed E-state index contributed by atoms with van der Waals surface area (Å²) in [5.74, 6) is 1.89. The van der Waals surface area contributed by atoms with Gasteiger partial charge in [-0.25, -0.2) is 24.9 Å². The van der Waals surface area contributed by atoms with Crippen molar-refractivity contribution in [3.8, 4) is 95.7 Å². The molecule has 12 rings (SSSR count). The van der Waals surface area contributed by atoms with Crippen LogP contribution in [0.4, 0.5) is 0 Å². The molecule has 67 heavy (non-hydrogen) atoms. The fourth-order valence-corrected chi connectivity index (χ4v) is 9.18. The van der Waals surface area contributed by atoms with Gasteiger partial charge in [0, 0.05) is 40.0 Å². The van der Waals surface area contributed by atoms with Crippen molar-refractivity contribution < 1.29 is 0 Å². The molecule has 12 aromatic rings. The van der Waals surface area contributed by atoms with Crippen molar-refractivity contribution in [1.29, 1.82) is 0 Å². The van der Waals surface area contributed by atoms with Crippen LogP contribution in [-0.4, -0.2) is 29.5 Å². The number of para-hydroxylation sites is 1. The molecule has 0 saturated carbocycles. The van der Waals surface area contributed by atoms with Gasteiger partial charge in [0.15, 0.2) is 17.5 Å². The van der Waals surface area contributed by atoms with Crippen molar-refractivity contribution in [2.24, 2.45) is 0 Å². The van der Waals surface area contributed by atoms with E-state index in [0.717, 1.165) is 72.4 Å². The molecule has 0 aliphatic heterocycles. The second kappa shape index (κ2) is 17.1. The molecule has 0 unspecified atom stereocenters. The van der Waals surface area contributed by atoms with E-state index in [4.69, 9.17) is 15.0 Å². The molecular weight excluding hydrogens is 817 g/mol. The lowest BCUT2D eigenvalue weighted by molar-refractivity contribution is 1.03. The zero-order valence-corrected chi connectivity index (χ0v) is 36.3. The Morgan fingerprint density at radius 1 is 0.269 bits per heavy atom. The first-order chi connectivity index (χ1) is 33.2. The molecule has 0 N–H and O–H groups in total. The van der Waals surface area contributed by atoms with Gasteiger partial charge in [0.05, 0.1) is 11.0 Å². The molecule has 0 atom stereocenters. The van der Waals surface area contributed by atoms with Gasteiger partial charge in [-0.2, -0.15) is 0 Å². The van der Waals surface area contributed by atoms with Crippen LogP contribution in [0.25, 0.3) is 118 Å². The predicted octanol–water partition coefficient (Wildman–Crippen LogP) is 15.1. The zero-order chi connectivity index (χ0) is 44.5. The number of benzene rings is 9. The maximum Gasteiger partial charge on any atom is 0.201 e. The summed E-state index contributed by atoms with van der Waals surface area (Å²) in [6.45, 7) is 0. The standard InChI is InChI=1S/C61H40N6/c1-5-17-41(18-6-1)45-31-32-55-54(40-45)57-53(29-15-30-56(57)67(55)52-27-11-4-12-28-52)46-24-14-26-48(36-46)59-64-58(65-61(66-59)60-62-33-16-34-63-60)47-25-13-23-44(35-47)51-38-49(42-19-7-2-8-20-42)37-50(39-51)43-21-9-3-10-22-43/h1-40H. The maximum absolute atomic E-state index is 5.22. The zero-order valence-electron chi connectivity index (χ0n) is 36.3. The first-order valence-corrected chi connectivity index (χ1v) is 22.4. The minimum absolute atomic E-state index is 0.398. The summed E-state index contributed by atoms with van der Waals surface area (Å²) < 4.78 is 2.37. The molecule has 314 valence electrons. The molecule has 6 nitrogen and oxygen atoms in total. The quantitative estimate of drug-likeness (QED) is 0.145. The molecule has 0 spiro atoms. The van der Waals surface area contributed by atoms with E-state index in [2.05, 4.69) is 239 Å². The van der Waals surface area contributed by atoms with Crippen LogP contribution in [0.5, 0.6) is 0 Å². The van der Waals surface area contributed by atoms with Gasteiger partial charge < -0.3 is 4.57 Å². The van der Waals surface area contributed by atoms with Crippen LogP contribution in [0.2, 0.25) is 0 Å². The molecule has 0 saturated heterocycles. The van der Waals surface area contributed by atoms with Crippen LogP contribution < -0.4 is 0 Å². The van der Waals surface area contributed by atoms with Crippen molar-refractivity contribution in [3.05, 3.63) is 243 Å². The van der Waals surface area contributed by atoms with E-state index in [1.165, 1.54) is 21.9 Å². The van der Waals surface area contributed by atoms with E-state index < -0.39 is 0 Å². The number of hydrogen-bond acceptors (Lipinski definition) is 5. The van der Waals surface area contributed by atoms with Crippen LogP contribution in [-0.2, 0) is 0 Å². The maximum atomic E-state index is 5.22. The summed E-state index contributed by atoms with van der Waals surface area (Å²) in [4.78, 5) is 24.5. The Morgan fingerprint density at radius 3 is 1.33 bits per heavy atom. The lowest BCUT2D eigenvalue weighted by Crippen LogP contribution is -2.02. The summed E-state index contributed by atoms with van der Waals surface area (Å²) in [6, 6.07) is 81.2. The Hall–Kier alpha value is -9.13. The second-order valence-electron chi connectivity index (χ2n) is 16.5. The van der Waals surface area contributed by atoms with Gasteiger partial charge in [-0.1, -0.05) is 164 Å². The van der Waals surface area contributed by atoms with E-state index >= 15 is 0 Å². The second-order valence-corrected chi connectivity index (χ2v) is 16.5. The lowest BCUT2D eigenvalue weighted by Gasteiger charge is -2.13. The van der Waals surface area contributed by atoms with E-state index in [1.54, 1.807) is 18.5 Å². The third-order valence-electron chi connectivity index (χ3n) is 12.3. The minimum Gasteiger partial charge on any atom is -0.309 e. The number of nitrogens with zero attached hydrogens (tertiary/aromatic N) is 6. The highest BCUT2D eigenvalue weighted by Gasteiger charge is 2.20. The van der Waals surface area contributed by atoms with E-state index in [0.29, 0.717) is 23.3 Å². The smallest absolute Gasteiger partial charge is 0.201 e. The highest BCUT2D eigenvalue weighted by atomic mass is 15.1. The number of fused-ring (bicyclic) bond motifs is 3. The highest BCUT2D eigenvalue weighted by molar-refractivity contribution is 6.16. The van der Waals surface area contributed by atoms with Crippen LogP contribution >= 0.6 is 0 Å². The highest BCUT2D eigenvalue weighted by Crippen LogP contribution is 2.41. The molecule has 3 aromatic heterocycles. The molecule has 0 aliphatic rings. The number of hydrogen-bond donors (Lipinski definition) is 0. The average molecular weight is 857 g/mol. The molecular formula is C61H40N6. The monoisotopic (exact) mass is 856 g/mol. The summed E-state index contributed by atoms with van der Waals surface area (Å²) in [6.07, 6.45) is 3.43. The molecule has 3 heterocycles. The Bertz CT molecular complexity index is 3660. The third kappa shape index (κ3) is 7.62. The molecule has 0 bridgehead atoms. The number of rotatable bonds is 9. The van der Waals surface area contributed by atoms with Crippen molar-refractivity contribution in [3.63, 3.8) is 0 Å². The first kappa shape index (κ1) is 39.5. The largest absolute Gasteiger partial charge is 0.309 e. The molecule has 0 amide bonds. The Kier molecular flexibility index (Phi) is 10.1. The molecule has 0 fully saturated rings. The van der Waals surface area contributed by atoms with Crippen molar-refractivity contribution in [1.82, 2.24) is 29.5 Å². The first-order valence-electron chi connectivity index (χ1n) is 22.4. The SMILES string of the molecule is c1ccc(-c2cc(-c3ccccc3)cc(-c3cccc(-c4nc(-c5cccc(-c6cccc7c6c6cc(-c8ccccc8)ccc6n7-c6ccccc6)c5)nc(-c5ncccn5)n4)c3)c2)cc1. The Balaban J connectivity index is 1.00. The van der Waals surface area contributed by atoms with Crippen LogP contribution in [0.3, 0.4) is 0 Å². The molecule has 0 radical (unpaired) electrons. The summed E-state index contributed by atoms with van der Waals surface area (Å²) in [5.41, 5.74) is 16.3. The van der Waals surface area contributed by atoms with E-state index in [9.17, 15) is 0 Å². The fraction of sp³-hybridized carbons (Fsp3) is 0. The molecule has 0 aliphatic carbocycles. The predicted molar refractivity (Wildman–Crippen MR) is 273 cm³/mol. The van der Waals surface area contributed by atoms with Gasteiger partial charge in [-0.3, -0.25) is 0 Å². The van der Waals surface area contributed by atoms with Crippen LogP contribution in [0.1, 0.15) is 0 Å². The number of aromatic nitrogens is 6. The Labute approximate surface area is 388 Å².